The second kappa shape index (κ2) is 5.35. The normalized spacial score (nSPS) is 8.25. The van der Waals surface area contributed by atoms with E-state index in [1.807, 2.05) is 32.9 Å². The number of nitrogens with two attached hydrogens (primary N) is 1. The van der Waals surface area contributed by atoms with Gasteiger partial charge in [-0.15, -0.1) is 0 Å². The Morgan fingerprint density at radius 1 is 1.33 bits per heavy atom. The Bertz CT molecular complexity index is 256. The van der Waals surface area contributed by atoms with Crippen LogP contribution in [-0.4, -0.2) is 5.91 Å². The van der Waals surface area contributed by atoms with Gasteiger partial charge in [-0.1, -0.05) is 31.5 Å². The molecule has 0 saturated heterocycles. The van der Waals surface area contributed by atoms with Gasteiger partial charge in [0, 0.05) is 5.56 Å². The third kappa shape index (κ3) is 3.19. The van der Waals surface area contributed by atoms with Crippen LogP contribution in [0, 0.1) is 6.92 Å². The topological polar surface area (TPSA) is 43.1 Å². The third-order valence-electron chi connectivity index (χ3n) is 1.30. The van der Waals surface area contributed by atoms with Gasteiger partial charge in [-0.3, -0.25) is 4.79 Å². The second-order valence-electron chi connectivity index (χ2n) is 2.23. The minimum Gasteiger partial charge on any atom is -0.366 e. The van der Waals surface area contributed by atoms with E-state index in [9.17, 15) is 4.79 Å². The average Bonchev–Trinajstić information content (AvgIpc) is 2.08. The fourth-order valence-corrected chi connectivity index (χ4v) is 0.798. The first-order valence-corrected chi connectivity index (χ1v) is 4.06. The molecule has 0 fully saturated rings. The van der Waals surface area contributed by atoms with E-state index in [1.54, 1.807) is 12.1 Å². The van der Waals surface area contributed by atoms with Crippen LogP contribution in [0.15, 0.2) is 24.3 Å². The van der Waals surface area contributed by atoms with Crippen LogP contribution in [0.5, 0.6) is 0 Å². The van der Waals surface area contributed by atoms with Crippen molar-refractivity contribution in [3.05, 3.63) is 35.4 Å². The number of aryl methyl sites for hydroxylation is 1. The highest BCUT2D eigenvalue weighted by atomic mass is 16.1. The van der Waals surface area contributed by atoms with Crippen molar-refractivity contribution < 1.29 is 4.79 Å². The van der Waals surface area contributed by atoms with Gasteiger partial charge >= 0.3 is 0 Å². The quantitative estimate of drug-likeness (QED) is 0.680. The van der Waals surface area contributed by atoms with Gasteiger partial charge in [0.1, 0.15) is 0 Å². The van der Waals surface area contributed by atoms with Gasteiger partial charge in [-0.05, 0) is 19.1 Å². The zero-order valence-electron chi connectivity index (χ0n) is 7.79. The fraction of sp³-hybridized carbons (Fsp3) is 0.300. The van der Waals surface area contributed by atoms with Gasteiger partial charge in [-0.2, -0.15) is 0 Å². The molecule has 0 aliphatic rings. The van der Waals surface area contributed by atoms with E-state index in [2.05, 4.69) is 0 Å². The first-order valence-electron chi connectivity index (χ1n) is 4.06. The minimum atomic E-state index is -0.372. The highest BCUT2D eigenvalue weighted by Crippen LogP contribution is 2.01. The van der Waals surface area contributed by atoms with Gasteiger partial charge in [0.05, 0.1) is 0 Å². The lowest BCUT2D eigenvalue weighted by Gasteiger charge is -1.94. The number of carbonyl (C=O) groups excluding carboxylic acids is 1. The molecular weight excluding hydrogens is 150 g/mol. The van der Waals surface area contributed by atoms with Gasteiger partial charge in [0.15, 0.2) is 0 Å². The molecule has 12 heavy (non-hydrogen) atoms. The Morgan fingerprint density at radius 3 is 2.25 bits per heavy atom. The number of carbonyl (C=O) groups is 1. The van der Waals surface area contributed by atoms with Crippen molar-refractivity contribution in [3.8, 4) is 0 Å². The van der Waals surface area contributed by atoms with Crippen molar-refractivity contribution in [3.63, 3.8) is 0 Å². The summed E-state index contributed by atoms with van der Waals surface area (Å²) in [5.74, 6) is -0.372. The van der Waals surface area contributed by atoms with Crippen molar-refractivity contribution in [2.45, 2.75) is 20.8 Å². The van der Waals surface area contributed by atoms with Crippen LogP contribution in [0.25, 0.3) is 0 Å². The van der Waals surface area contributed by atoms with Gasteiger partial charge < -0.3 is 5.73 Å². The van der Waals surface area contributed by atoms with Crippen LogP contribution in [0.3, 0.4) is 0 Å². The molecule has 1 aromatic rings. The SMILES string of the molecule is CC.Cc1cccc(C(N)=O)c1. The van der Waals surface area contributed by atoms with Gasteiger partial charge in [-0.25, -0.2) is 0 Å². The Kier molecular flexibility index (Phi) is 4.77. The number of primary amides is 1. The smallest absolute Gasteiger partial charge is 0.248 e. The lowest BCUT2D eigenvalue weighted by atomic mass is 10.1. The summed E-state index contributed by atoms with van der Waals surface area (Å²) in [4.78, 5) is 10.6. The van der Waals surface area contributed by atoms with E-state index in [0.717, 1.165) is 5.56 Å². The molecule has 66 valence electrons. The monoisotopic (exact) mass is 165 g/mol. The maximum Gasteiger partial charge on any atom is 0.248 e. The third-order valence-corrected chi connectivity index (χ3v) is 1.30. The Labute approximate surface area is 73.4 Å². The molecule has 0 aromatic heterocycles. The molecule has 0 saturated carbocycles. The lowest BCUT2D eigenvalue weighted by Crippen LogP contribution is -2.10. The Balaban J connectivity index is 0.000000561. The van der Waals surface area contributed by atoms with Gasteiger partial charge in [0.25, 0.3) is 0 Å². The predicted octanol–water partition coefficient (Wildman–Crippen LogP) is 2.12. The molecule has 1 aromatic carbocycles. The second-order valence-corrected chi connectivity index (χ2v) is 2.23. The van der Waals surface area contributed by atoms with E-state index >= 15 is 0 Å². The standard InChI is InChI=1S/C8H9NO.C2H6/c1-6-3-2-4-7(5-6)8(9)10;1-2/h2-5H,1H3,(H2,9,10);1-2H3. The molecule has 0 unspecified atom stereocenters. The summed E-state index contributed by atoms with van der Waals surface area (Å²) < 4.78 is 0. The van der Waals surface area contributed by atoms with Crippen LogP contribution in [0.4, 0.5) is 0 Å². The maximum atomic E-state index is 10.6. The zero-order chi connectivity index (χ0) is 9.56. The molecule has 1 amide bonds. The largest absolute Gasteiger partial charge is 0.366 e. The molecule has 1 rings (SSSR count). The van der Waals surface area contributed by atoms with E-state index in [1.165, 1.54) is 0 Å². The number of rotatable bonds is 1. The van der Waals surface area contributed by atoms with Crippen LogP contribution >= 0.6 is 0 Å². The van der Waals surface area contributed by atoms with E-state index < -0.39 is 0 Å². The first kappa shape index (κ1) is 10.7. The molecule has 0 radical (unpaired) electrons. The average molecular weight is 165 g/mol. The van der Waals surface area contributed by atoms with Crippen molar-refractivity contribution >= 4 is 5.91 Å². The van der Waals surface area contributed by atoms with Crippen molar-refractivity contribution in [1.29, 1.82) is 0 Å². The Hall–Kier alpha value is -1.31. The number of hydrogen-bond acceptors (Lipinski definition) is 1. The first-order chi connectivity index (χ1) is 5.70. The molecule has 2 nitrogen and oxygen atoms in total. The summed E-state index contributed by atoms with van der Waals surface area (Å²) in [6.07, 6.45) is 0. The highest BCUT2D eigenvalue weighted by molar-refractivity contribution is 5.92. The van der Waals surface area contributed by atoms with Gasteiger partial charge in [0.2, 0.25) is 5.91 Å². The van der Waals surface area contributed by atoms with Crippen molar-refractivity contribution in [1.82, 2.24) is 0 Å². The number of hydrogen-bond donors (Lipinski definition) is 1. The lowest BCUT2D eigenvalue weighted by molar-refractivity contribution is 0.1000. The molecule has 0 bridgehead atoms. The van der Waals surface area contributed by atoms with E-state index in [-0.39, 0.29) is 5.91 Å². The molecule has 0 heterocycles. The molecular formula is C10H15NO. The summed E-state index contributed by atoms with van der Waals surface area (Å²) >= 11 is 0. The maximum absolute atomic E-state index is 10.6. The predicted molar refractivity (Wildman–Crippen MR) is 51.0 cm³/mol. The van der Waals surface area contributed by atoms with E-state index in [4.69, 9.17) is 5.73 Å². The number of amides is 1. The molecule has 2 heteroatoms. The van der Waals surface area contributed by atoms with Crippen molar-refractivity contribution in [2.75, 3.05) is 0 Å². The molecule has 2 N–H and O–H groups in total. The Morgan fingerprint density at radius 2 is 1.92 bits per heavy atom. The van der Waals surface area contributed by atoms with Crippen LogP contribution in [0.2, 0.25) is 0 Å². The molecule has 0 aliphatic carbocycles. The van der Waals surface area contributed by atoms with Crippen LogP contribution in [-0.2, 0) is 0 Å². The summed E-state index contributed by atoms with van der Waals surface area (Å²) in [5.41, 5.74) is 6.67. The molecule has 0 spiro atoms. The summed E-state index contributed by atoms with van der Waals surface area (Å²) in [7, 11) is 0. The number of benzene rings is 1. The van der Waals surface area contributed by atoms with E-state index in [0.29, 0.717) is 5.56 Å². The zero-order valence-corrected chi connectivity index (χ0v) is 7.79. The van der Waals surface area contributed by atoms with Crippen molar-refractivity contribution in [2.24, 2.45) is 5.73 Å². The minimum absolute atomic E-state index is 0.372. The van der Waals surface area contributed by atoms with Crippen LogP contribution in [0.1, 0.15) is 29.8 Å². The fourth-order valence-electron chi connectivity index (χ4n) is 0.798. The summed E-state index contributed by atoms with van der Waals surface area (Å²) in [6, 6.07) is 7.21. The molecule has 0 aliphatic heterocycles. The summed E-state index contributed by atoms with van der Waals surface area (Å²) in [6.45, 7) is 5.92. The highest BCUT2D eigenvalue weighted by Gasteiger charge is 1.96. The summed E-state index contributed by atoms with van der Waals surface area (Å²) in [5, 5.41) is 0. The molecule has 0 atom stereocenters. The van der Waals surface area contributed by atoms with Crippen LogP contribution < -0.4 is 5.73 Å².